The number of ether oxygens (including phenoxy) is 3. The van der Waals surface area contributed by atoms with Crippen molar-refractivity contribution in [2.45, 2.75) is 20.3 Å². The maximum atomic E-state index is 12.1. The average molecular weight is 392 g/mol. The molecule has 0 aliphatic carbocycles. The van der Waals surface area contributed by atoms with Crippen molar-refractivity contribution in [1.82, 2.24) is 0 Å². The number of rotatable bonds is 9. The lowest BCUT2D eigenvalue weighted by atomic mass is 10.1. The lowest BCUT2D eigenvalue weighted by Crippen LogP contribution is -2.22. The summed E-state index contributed by atoms with van der Waals surface area (Å²) in [6, 6.07) is 12.0. The predicted molar refractivity (Wildman–Crippen MR) is 104 cm³/mol. The van der Waals surface area contributed by atoms with E-state index in [9.17, 15) is 9.59 Å². The van der Waals surface area contributed by atoms with Crippen molar-refractivity contribution in [2.75, 3.05) is 25.1 Å². The lowest BCUT2D eigenvalue weighted by Gasteiger charge is -2.13. The second-order valence-electron chi connectivity index (χ2n) is 5.54. The van der Waals surface area contributed by atoms with Crippen molar-refractivity contribution in [3.05, 3.63) is 53.1 Å². The largest absolute Gasteiger partial charge is 0.494 e. The van der Waals surface area contributed by atoms with Gasteiger partial charge in [-0.15, -0.1) is 0 Å². The van der Waals surface area contributed by atoms with Gasteiger partial charge in [-0.3, -0.25) is 9.59 Å². The van der Waals surface area contributed by atoms with Crippen LogP contribution in [0.15, 0.2) is 42.5 Å². The molecule has 0 aliphatic heterocycles. The lowest BCUT2D eigenvalue weighted by molar-refractivity contribution is -0.146. The molecule has 0 heterocycles. The summed E-state index contributed by atoms with van der Waals surface area (Å²) in [6.45, 7) is 4.28. The Morgan fingerprint density at radius 3 is 2.37 bits per heavy atom. The summed E-state index contributed by atoms with van der Waals surface area (Å²) in [5.41, 5.74) is 1.22. The molecule has 0 atom stereocenters. The third-order valence-corrected chi connectivity index (χ3v) is 3.71. The van der Waals surface area contributed by atoms with Crippen LogP contribution in [0.2, 0.25) is 5.02 Å². The SMILES string of the molecule is CCOc1ccc(OCC)c(NC(=O)COC(=O)Cc2ccc(Cl)cc2)c1. The van der Waals surface area contributed by atoms with Gasteiger partial charge in [-0.1, -0.05) is 23.7 Å². The van der Waals surface area contributed by atoms with Crippen LogP contribution in [0.4, 0.5) is 5.69 Å². The van der Waals surface area contributed by atoms with E-state index in [4.69, 9.17) is 25.8 Å². The van der Waals surface area contributed by atoms with Crippen LogP contribution in [0, 0.1) is 0 Å². The minimum atomic E-state index is -0.499. The molecule has 1 amide bonds. The molecule has 0 bridgehead atoms. The van der Waals surface area contributed by atoms with Crippen LogP contribution in [0.1, 0.15) is 19.4 Å². The topological polar surface area (TPSA) is 73.9 Å². The third-order valence-electron chi connectivity index (χ3n) is 3.46. The smallest absolute Gasteiger partial charge is 0.310 e. The average Bonchev–Trinajstić information content (AvgIpc) is 2.64. The molecule has 0 saturated heterocycles. The number of amides is 1. The number of anilines is 1. The van der Waals surface area contributed by atoms with Gasteiger partial charge in [-0.2, -0.15) is 0 Å². The molecule has 7 heteroatoms. The van der Waals surface area contributed by atoms with Crippen LogP contribution in [0.3, 0.4) is 0 Å². The predicted octanol–water partition coefficient (Wildman–Crippen LogP) is 3.86. The maximum absolute atomic E-state index is 12.1. The van der Waals surface area contributed by atoms with Crippen molar-refractivity contribution in [3.63, 3.8) is 0 Å². The highest BCUT2D eigenvalue weighted by Crippen LogP contribution is 2.29. The molecule has 0 aromatic heterocycles. The maximum Gasteiger partial charge on any atom is 0.310 e. The van der Waals surface area contributed by atoms with E-state index >= 15 is 0 Å². The Hall–Kier alpha value is -2.73. The standard InChI is InChI=1S/C20H22ClNO5/c1-3-25-16-9-10-18(26-4-2)17(12-16)22-19(23)13-27-20(24)11-14-5-7-15(21)8-6-14/h5-10,12H,3-4,11,13H2,1-2H3,(H,22,23). The number of carbonyl (C=O) groups excluding carboxylic acids is 2. The number of halogens is 1. The Labute approximate surface area is 163 Å². The highest BCUT2D eigenvalue weighted by molar-refractivity contribution is 6.30. The van der Waals surface area contributed by atoms with Gasteiger partial charge in [0, 0.05) is 11.1 Å². The van der Waals surface area contributed by atoms with Crippen molar-refractivity contribution in [2.24, 2.45) is 0 Å². The molecule has 0 aliphatic rings. The van der Waals surface area contributed by atoms with E-state index in [0.717, 1.165) is 5.56 Å². The molecule has 0 unspecified atom stereocenters. The first-order valence-corrected chi connectivity index (χ1v) is 8.99. The quantitative estimate of drug-likeness (QED) is 0.657. The summed E-state index contributed by atoms with van der Waals surface area (Å²) in [6.07, 6.45) is 0.0640. The Bertz CT molecular complexity index is 776. The van der Waals surface area contributed by atoms with E-state index in [2.05, 4.69) is 5.32 Å². The minimum Gasteiger partial charge on any atom is -0.494 e. The third kappa shape index (κ3) is 6.83. The van der Waals surface area contributed by atoms with Crippen LogP contribution in [-0.4, -0.2) is 31.7 Å². The van der Waals surface area contributed by atoms with Crippen LogP contribution in [-0.2, 0) is 20.7 Å². The van der Waals surface area contributed by atoms with E-state index in [1.54, 1.807) is 42.5 Å². The fourth-order valence-corrected chi connectivity index (χ4v) is 2.42. The van der Waals surface area contributed by atoms with E-state index in [-0.39, 0.29) is 6.42 Å². The zero-order valence-corrected chi connectivity index (χ0v) is 16.0. The van der Waals surface area contributed by atoms with E-state index < -0.39 is 18.5 Å². The van der Waals surface area contributed by atoms with Crippen molar-refractivity contribution in [1.29, 1.82) is 0 Å². The Morgan fingerprint density at radius 2 is 1.70 bits per heavy atom. The van der Waals surface area contributed by atoms with Gasteiger partial charge >= 0.3 is 5.97 Å². The molecule has 6 nitrogen and oxygen atoms in total. The van der Waals surface area contributed by atoms with Gasteiger partial charge in [0.2, 0.25) is 0 Å². The molecule has 0 saturated carbocycles. The van der Waals surface area contributed by atoms with Gasteiger partial charge in [0.05, 0.1) is 25.3 Å². The normalized spacial score (nSPS) is 10.2. The van der Waals surface area contributed by atoms with Gasteiger partial charge in [-0.05, 0) is 43.7 Å². The Morgan fingerprint density at radius 1 is 1.00 bits per heavy atom. The second-order valence-corrected chi connectivity index (χ2v) is 5.97. The zero-order valence-electron chi connectivity index (χ0n) is 15.3. The minimum absolute atomic E-state index is 0.0640. The number of hydrogen-bond acceptors (Lipinski definition) is 5. The zero-order chi connectivity index (χ0) is 19.6. The molecule has 2 aromatic carbocycles. The second kappa shape index (κ2) is 10.4. The summed E-state index contributed by atoms with van der Waals surface area (Å²) in [5.74, 6) is 0.160. The fraction of sp³-hybridized carbons (Fsp3) is 0.300. The number of hydrogen-bond donors (Lipinski definition) is 1. The van der Waals surface area contributed by atoms with Gasteiger partial charge in [-0.25, -0.2) is 0 Å². The molecule has 144 valence electrons. The van der Waals surface area contributed by atoms with Crippen molar-refractivity contribution >= 4 is 29.2 Å². The van der Waals surface area contributed by atoms with Crippen LogP contribution in [0.25, 0.3) is 0 Å². The monoisotopic (exact) mass is 391 g/mol. The van der Waals surface area contributed by atoms with Crippen molar-refractivity contribution in [3.8, 4) is 11.5 Å². The summed E-state index contributed by atoms with van der Waals surface area (Å²) in [4.78, 5) is 24.0. The molecular formula is C20H22ClNO5. The molecule has 0 spiro atoms. The molecule has 0 fully saturated rings. The van der Waals surface area contributed by atoms with Crippen molar-refractivity contribution < 1.29 is 23.8 Å². The summed E-state index contributed by atoms with van der Waals surface area (Å²) < 4.78 is 16.0. The van der Waals surface area contributed by atoms with E-state index in [1.807, 2.05) is 13.8 Å². The van der Waals surface area contributed by atoms with E-state index in [1.165, 1.54) is 0 Å². The fourth-order valence-electron chi connectivity index (χ4n) is 2.30. The number of esters is 1. The van der Waals surface area contributed by atoms with Gasteiger partial charge < -0.3 is 19.5 Å². The first-order chi connectivity index (χ1) is 13.0. The molecule has 2 aromatic rings. The highest BCUT2D eigenvalue weighted by atomic mass is 35.5. The molecule has 0 radical (unpaired) electrons. The van der Waals surface area contributed by atoms with Crippen LogP contribution < -0.4 is 14.8 Å². The van der Waals surface area contributed by atoms with Crippen LogP contribution >= 0.6 is 11.6 Å². The molecule has 27 heavy (non-hydrogen) atoms. The highest BCUT2D eigenvalue weighted by Gasteiger charge is 2.12. The van der Waals surface area contributed by atoms with Gasteiger partial charge in [0.15, 0.2) is 6.61 Å². The Balaban J connectivity index is 1.91. The number of nitrogens with one attached hydrogen (secondary N) is 1. The van der Waals surface area contributed by atoms with Gasteiger partial charge in [0.1, 0.15) is 11.5 Å². The van der Waals surface area contributed by atoms with E-state index in [0.29, 0.717) is 35.4 Å². The number of carbonyl (C=O) groups is 2. The molecular weight excluding hydrogens is 370 g/mol. The molecule has 2 rings (SSSR count). The Kier molecular flexibility index (Phi) is 7.95. The molecule has 1 N–H and O–H groups in total. The summed E-state index contributed by atoms with van der Waals surface area (Å²) in [5, 5.41) is 3.27. The van der Waals surface area contributed by atoms with Crippen LogP contribution in [0.5, 0.6) is 11.5 Å². The first kappa shape index (κ1) is 20.6. The van der Waals surface area contributed by atoms with Gasteiger partial charge in [0.25, 0.3) is 5.91 Å². The number of benzene rings is 2. The summed E-state index contributed by atoms with van der Waals surface area (Å²) in [7, 11) is 0. The summed E-state index contributed by atoms with van der Waals surface area (Å²) >= 11 is 5.81. The first-order valence-electron chi connectivity index (χ1n) is 8.61.